The van der Waals surface area contributed by atoms with Crippen molar-refractivity contribution in [3.63, 3.8) is 0 Å². The van der Waals surface area contributed by atoms with E-state index < -0.39 is 0 Å². The van der Waals surface area contributed by atoms with Crippen molar-refractivity contribution in [2.75, 3.05) is 31.1 Å². The van der Waals surface area contributed by atoms with E-state index in [9.17, 15) is 4.79 Å². The van der Waals surface area contributed by atoms with Gasteiger partial charge in [0.25, 0.3) is 0 Å². The molecule has 0 aliphatic carbocycles. The molecule has 0 radical (unpaired) electrons. The summed E-state index contributed by atoms with van der Waals surface area (Å²) >= 11 is 0. The van der Waals surface area contributed by atoms with E-state index in [4.69, 9.17) is 0 Å². The summed E-state index contributed by atoms with van der Waals surface area (Å²) in [5, 5.41) is 10.6. The number of nitrogens with zero attached hydrogens (tertiary/aromatic N) is 3. The molecule has 0 spiro atoms. The van der Waals surface area contributed by atoms with E-state index in [0.717, 1.165) is 31.1 Å². The molecule has 0 aromatic carbocycles. The quantitative estimate of drug-likeness (QED) is 0.776. The predicted molar refractivity (Wildman–Crippen MR) is 70.5 cm³/mol. The molecule has 1 aliphatic heterocycles. The van der Waals surface area contributed by atoms with Crippen molar-refractivity contribution in [1.29, 1.82) is 0 Å². The zero-order valence-corrected chi connectivity index (χ0v) is 11.3. The molecule has 0 unspecified atom stereocenters. The Hall–Kier alpha value is -1.56. The van der Waals surface area contributed by atoms with Crippen LogP contribution in [0.4, 0.5) is 5.82 Å². The minimum absolute atomic E-state index is 0.0782. The first-order chi connectivity index (χ1) is 8.63. The van der Waals surface area contributed by atoms with E-state index in [1.165, 1.54) is 5.56 Å². The van der Waals surface area contributed by atoms with Crippen LogP contribution in [-0.2, 0) is 18.4 Å². The van der Waals surface area contributed by atoms with Gasteiger partial charge in [0.2, 0.25) is 5.91 Å². The highest BCUT2D eigenvalue weighted by atomic mass is 16.2. The summed E-state index contributed by atoms with van der Waals surface area (Å²) in [6, 6.07) is 0. The van der Waals surface area contributed by atoms with Crippen molar-refractivity contribution in [2.45, 2.75) is 20.4 Å². The first kappa shape index (κ1) is 12.9. The second kappa shape index (κ2) is 5.39. The van der Waals surface area contributed by atoms with Gasteiger partial charge < -0.3 is 15.5 Å². The Morgan fingerprint density at radius 1 is 1.50 bits per heavy atom. The zero-order valence-electron chi connectivity index (χ0n) is 11.3. The fourth-order valence-electron chi connectivity index (χ4n) is 2.36. The first-order valence-electron chi connectivity index (χ1n) is 6.38. The van der Waals surface area contributed by atoms with Crippen LogP contribution in [0.2, 0.25) is 0 Å². The van der Waals surface area contributed by atoms with Gasteiger partial charge in [0.1, 0.15) is 5.82 Å². The molecule has 2 N–H and O–H groups in total. The molecule has 1 saturated heterocycles. The van der Waals surface area contributed by atoms with Crippen LogP contribution in [0.25, 0.3) is 0 Å². The summed E-state index contributed by atoms with van der Waals surface area (Å²) in [5.74, 6) is 1.14. The van der Waals surface area contributed by atoms with Gasteiger partial charge in [-0.05, 0) is 13.5 Å². The van der Waals surface area contributed by atoms with Crippen molar-refractivity contribution < 1.29 is 4.79 Å². The summed E-state index contributed by atoms with van der Waals surface area (Å²) in [4.78, 5) is 13.6. The second-order valence-corrected chi connectivity index (χ2v) is 4.56. The summed E-state index contributed by atoms with van der Waals surface area (Å²) in [6.45, 7) is 7.77. The van der Waals surface area contributed by atoms with Crippen LogP contribution in [0.15, 0.2) is 0 Å². The molecule has 0 bridgehead atoms. The second-order valence-electron chi connectivity index (χ2n) is 4.56. The molecule has 1 amide bonds. The highest BCUT2D eigenvalue weighted by Gasteiger charge is 2.23. The van der Waals surface area contributed by atoms with Crippen LogP contribution >= 0.6 is 0 Å². The number of hydrogen-bond acceptors (Lipinski definition) is 4. The Morgan fingerprint density at radius 3 is 2.94 bits per heavy atom. The molecular weight excluding hydrogens is 230 g/mol. The van der Waals surface area contributed by atoms with E-state index in [2.05, 4.69) is 27.6 Å². The van der Waals surface area contributed by atoms with Gasteiger partial charge in [0.15, 0.2) is 0 Å². The minimum Gasteiger partial charge on any atom is -0.353 e. The smallest absolute Gasteiger partial charge is 0.239 e. The summed E-state index contributed by atoms with van der Waals surface area (Å²) in [7, 11) is 1.93. The van der Waals surface area contributed by atoms with Crippen molar-refractivity contribution in [1.82, 2.24) is 20.4 Å². The van der Waals surface area contributed by atoms with Crippen LogP contribution < -0.4 is 15.5 Å². The number of rotatable bonds is 4. The number of amides is 1. The molecule has 1 aromatic heterocycles. The van der Waals surface area contributed by atoms with E-state index in [-0.39, 0.29) is 5.91 Å². The lowest BCUT2D eigenvalue weighted by Crippen LogP contribution is -2.48. The summed E-state index contributed by atoms with van der Waals surface area (Å²) in [5.41, 5.74) is 2.22. The monoisotopic (exact) mass is 251 g/mol. The third-order valence-electron chi connectivity index (χ3n) is 3.20. The third-order valence-corrected chi connectivity index (χ3v) is 3.20. The highest BCUT2D eigenvalue weighted by molar-refractivity contribution is 5.82. The maximum Gasteiger partial charge on any atom is 0.239 e. The van der Waals surface area contributed by atoms with Crippen molar-refractivity contribution >= 4 is 11.7 Å². The van der Waals surface area contributed by atoms with E-state index >= 15 is 0 Å². The van der Waals surface area contributed by atoms with Gasteiger partial charge in [0, 0.05) is 32.2 Å². The van der Waals surface area contributed by atoms with Crippen molar-refractivity contribution in [3.8, 4) is 0 Å². The lowest BCUT2D eigenvalue weighted by molar-refractivity contribution is -0.120. The van der Waals surface area contributed by atoms with Crippen LogP contribution in [-0.4, -0.2) is 41.9 Å². The molecule has 0 saturated carbocycles. The predicted octanol–water partition coefficient (Wildman–Crippen LogP) is -0.226. The van der Waals surface area contributed by atoms with E-state index in [1.54, 1.807) is 0 Å². The average molecular weight is 251 g/mol. The lowest BCUT2D eigenvalue weighted by Gasteiger charge is -2.29. The number of aryl methyl sites for hydroxylation is 2. The van der Waals surface area contributed by atoms with Gasteiger partial charge in [0.05, 0.1) is 12.2 Å². The van der Waals surface area contributed by atoms with Gasteiger partial charge in [-0.15, -0.1) is 0 Å². The fraction of sp³-hybridized carbons (Fsp3) is 0.667. The zero-order chi connectivity index (χ0) is 13.1. The Morgan fingerprint density at radius 2 is 2.28 bits per heavy atom. The summed E-state index contributed by atoms with van der Waals surface area (Å²) < 4.78 is 1.88. The lowest BCUT2D eigenvalue weighted by atomic mass is 10.2. The van der Waals surface area contributed by atoms with Gasteiger partial charge >= 0.3 is 0 Å². The van der Waals surface area contributed by atoms with Crippen LogP contribution in [0.3, 0.4) is 0 Å². The summed E-state index contributed by atoms with van der Waals surface area (Å²) in [6.07, 6.45) is 0. The van der Waals surface area contributed by atoms with Gasteiger partial charge in [-0.1, -0.05) is 6.92 Å². The Balaban J connectivity index is 2.27. The number of carbonyl (C=O) groups is 1. The number of piperazine rings is 1. The molecule has 2 heterocycles. The number of hydrogen-bond donors (Lipinski definition) is 2. The third kappa shape index (κ3) is 2.48. The van der Waals surface area contributed by atoms with Crippen LogP contribution in [0, 0.1) is 6.92 Å². The normalized spacial score (nSPS) is 15.9. The number of nitrogens with one attached hydrogen (secondary N) is 2. The molecule has 6 nitrogen and oxygen atoms in total. The topological polar surface area (TPSA) is 62.2 Å². The maximum absolute atomic E-state index is 11.5. The number of anilines is 1. The van der Waals surface area contributed by atoms with Gasteiger partial charge in [-0.2, -0.15) is 5.10 Å². The van der Waals surface area contributed by atoms with Crippen molar-refractivity contribution in [3.05, 3.63) is 11.3 Å². The molecule has 1 aromatic rings. The van der Waals surface area contributed by atoms with Crippen molar-refractivity contribution in [2.24, 2.45) is 7.05 Å². The Labute approximate surface area is 107 Å². The fourth-order valence-corrected chi connectivity index (χ4v) is 2.36. The largest absolute Gasteiger partial charge is 0.353 e. The van der Waals surface area contributed by atoms with Crippen LogP contribution in [0.5, 0.6) is 0 Å². The standard InChI is InChI=1S/C12H21N5O/c1-4-13-7-10-9(2)15-16(3)12(10)17-6-5-14-11(18)8-17/h13H,4-8H2,1-3H3,(H,14,18). The molecule has 1 aliphatic rings. The molecule has 100 valence electrons. The molecule has 6 heteroatoms. The van der Waals surface area contributed by atoms with Gasteiger partial charge in [-0.3, -0.25) is 9.48 Å². The first-order valence-corrected chi connectivity index (χ1v) is 6.38. The highest BCUT2D eigenvalue weighted by Crippen LogP contribution is 2.23. The van der Waals surface area contributed by atoms with E-state index in [0.29, 0.717) is 13.1 Å². The number of aromatic nitrogens is 2. The Kier molecular flexibility index (Phi) is 3.86. The molecule has 0 atom stereocenters. The van der Waals surface area contributed by atoms with E-state index in [1.807, 2.05) is 18.7 Å². The van der Waals surface area contributed by atoms with Crippen LogP contribution in [0.1, 0.15) is 18.2 Å². The maximum atomic E-state index is 11.5. The molecule has 2 rings (SSSR count). The average Bonchev–Trinajstić information content (AvgIpc) is 2.61. The Bertz CT molecular complexity index is 440. The minimum atomic E-state index is 0.0782. The molecular formula is C12H21N5O. The molecule has 18 heavy (non-hydrogen) atoms. The number of carbonyl (C=O) groups excluding carboxylic acids is 1. The SMILES string of the molecule is CCNCc1c(C)nn(C)c1N1CCNC(=O)C1. The molecule has 1 fully saturated rings. The van der Waals surface area contributed by atoms with Gasteiger partial charge in [-0.25, -0.2) is 0 Å².